The number of benzene rings is 2. The first-order chi connectivity index (χ1) is 17.5. The van der Waals surface area contributed by atoms with Crippen LogP contribution in [0.4, 0.5) is 0 Å². The molecule has 0 spiro atoms. The van der Waals surface area contributed by atoms with E-state index < -0.39 is 0 Å². The first-order valence-electron chi connectivity index (χ1n) is 11.2. The zero-order valence-electron chi connectivity index (χ0n) is 19.4. The van der Waals surface area contributed by atoms with Gasteiger partial charge < -0.3 is 9.94 Å². The lowest BCUT2D eigenvalue weighted by molar-refractivity contribution is -0.671. The van der Waals surface area contributed by atoms with Crippen LogP contribution in [-0.4, -0.2) is 27.8 Å². The van der Waals surface area contributed by atoms with Gasteiger partial charge in [0.15, 0.2) is 5.56 Å². The van der Waals surface area contributed by atoms with Gasteiger partial charge in [-0.05, 0) is 46.5 Å². The third kappa shape index (κ3) is 4.56. The van der Waals surface area contributed by atoms with Gasteiger partial charge >= 0.3 is 5.56 Å². The topological polar surface area (TPSA) is 80.1 Å². The third-order valence-corrected chi connectivity index (χ3v) is 6.06. The highest BCUT2D eigenvalue weighted by molar-refractivity contribution is 6.29. The van der Waals surface area contributed by atoms with Crippen molar-refractivity contribution in [2.45, 2.75) is 6.54 Å². The van der Waals surface area contributed by atoms with Crippen molar-refractivity contribution in [3.8, 4) is 28.1 Å². The molecule has 2 aromatic carbocycles. The van der Waals surface area contributed by atoms with Gasteiger partial charge in [0.2, 0.25) is 0 Å². The van der Waals surface area contributed by atoms with Crippen LogP contribution >= 0.6 is 11.6 Å². The Morgan fingerprint density at radius 3 is 2.58 bits per heavy atom. The van der Waals surface area contributed by atoms with Gasteiger partial charge in [-0.1, -0.05) is 65.3 Å². The van der Waals surface area contributed by atoms with E-state index in [0.29, 0.717) is 22.9 Å². The molecule has 0 bridgehead atoms. The third-order valence-electron chi connectivity index (χ3n) is 5.83. The van der Waals surface area contributed by atoms with Crippen molar-refractivity contribution < 1.29 is 14.5 Å². The van der Waals surface area contributed by atoms with Crippen LogP contribution in [0.2, 0.25) is 5.15 Å². The van der Waals surface area contributed by atoms with E-state index >= 15 is 0 Å². The SMILES string of the molecule is CO/N=C/c1cccc(-c2cccc(-c3c(O)[n+](Cc4ccc(Cl)nc4)c4ccccn4c3=O)c2)c1. The van der Waals surface area contributed by atoms with Crippen LogP contribution < -0.4 is 10.1 Å². The summed E-state index contributed by atoms with van der Waals surface area (Å²) in [4.78, 5) is 22.5. The van der Waals surface area contributed by atoms with E-state index in [9.17, 15) is 9.90 Å². The number of pyridine rings is 2. The molecule has 178 valence electrons. The number of aromatic nitrogens is 3. The number of rotatable bonds is 6. The van der Waals surface area contributed by atoms with E-state index in [4.69, 9.17) is 16.4 Å². The summed E-state index contributed by atoms with van der Waals surface area (Å²) in [6, 6.07) is 24.3. The first-order valence-corrected chi connectivity index (χ1v) is 11.6. The molecule has 7 nitrogen and oxygen atoms in total. The molecule has 3 heterocycles. The Kier molecular flexibility index (Phi) is 6.47. The highest BCUT2D eigenvalue weighted by Crippen LogP contribution is 2.29. The standard InChI is InChI=1S/C28H21ClN4O3/c1-36-31-17-19-6-4-7-21(14-19)22-8-5-9-23(15-22)26-27(34)32-13-3-2-10-25(32)33(28(26)35)18-20-11-12-24(29)30-16-20/h2-17H,18H2,1H3/p+1/b31-17+. The molecular formula is C28H22ClN4O3+. The van der Waals surface area contributed by atoms with Gasteiger partial charge in [0, 0.05) is 17.8 Å². The molecule has 0 saturated heterocycles. The Morgan fingerprint density at radius 2 is 1.81 bits per heavy atom. The number of halogens is 1. The van der Waals surface area contributed by atoms with E-state index in [0.717, 1.165) is 22.3 Å². The van der Waals surface area contributed by atoms with Crippen LogP contribution in [0.1, 0.15) is 11.1 Å². The number of fused-ring (bicyclic) bond motifs is 1. The predicted octanol–water partition coefficient (Wildman–Crippen LogP) is 4.70. The molecule has 0 fully saturated rings. The van der Waals surface area contributed by atoms with Gasteiger partial charge in [-0.3, -0.25) is 0 Å². The minimum Gasteiger partial charge on any atom is -0.477 e. The smallest absolute Gasteiger partial charge is 0.354 e. The highest BCUT2D eigenvalue weighted by atomic mass is 35.5. The maximum Gasteiger partial charge on any atom is 0.354 e. The second kappa shape index (κ2) is 10.0. The molecule has 0 amide bonds. The molecule has 36 heavy (non-hydrogen) atoms. The zero-order valence-corrected chi connectivity index (χ0v) is 20.1. The maximum absolute atomic E-state index is 13.5. The second-order valence-corrected chi connectivity index (χ2v) is 8.52. The number of hydrogen-bond acceptors (Lipinski definition) is 5. The van der Waals surface area contributed by atoms with E-state index in [1.807, 2.05) is 60.7 Å². The van der Waals surface area contributed by atoms with Gasteiger partial charge in [0.25, 0.3) is 11.5 Å². The van der Waals surface area contributed by atoms with Crippen molar-refractivity contribution in [1.29, 1.82) is 0 Å². The summed E-state index contributed by atoms with van der Waals surface area (Å²) in [5, 5.41) is 15.6. The Hall–Kier alpha value is -4.49. The van der Waals surface area contributed by atoms with Crippen LogP contribution in [0.3, 0.4) is 0 Å². The highest BCUT2D eigenvalue weighted by Gasteiger charge is 2.25. The monoisotopic (exact) mass is 497 g/mol. The van der Waals surface area contributed by atoms with Gasteiger partial charge in [-0.2, -0.15) is 8.97 Å². The molecule has 5 rings (SSSR count). The Balaban J connectivity index is 1.66. The van der Waals surface area contributed by atoms with Crippen molar-refractivity contribution >= 4 is 23.5 Å². The second-order valence-electron chi connectivity index (χ2n) is 8.13. The van der Waals surface area contributed by atoms with Gasteiger partial charge in [0.1, 0.15) is 18.8 Å². The fraction of sp³-hybridized carbons (Fsp3) is 0.0714. The summed E-state index contributed by atoms with van der Waals surface area (Å²) in [5.41, 5.74) is 4.60. The molecule has 0 aliphatic rings. The number of hydrogen-bond donors (Lipinski definition) is 1. The normalized spacial score (nSPS) is 11.3. The molecule has 0 unspecified atom stereocenters. The number of oxime groups is 1. The maximum atomic E-state index is 13.5. The average molecular weight is 498 g/mol. The molecule has 0 aliphatic heterocycles. The Morgan fingerprint density at radius 1 is 1.03 bits per heavy atom. The molecule has 0 aliphatic carbocycles. The fourth-order valence-electron chi connectivity index (χ4n) is 4.14. The van der Waals surface area contributed by atoms with E-state index in [1.54, 1.807) is 41.4 Å². The van der Waals surface area contributed by atoms with Crippen molar-refractivity contribution in [2.24, 2.45) is 5.16 Å². The molecule has 5 aromatic rings. The molecule has 0 saturated carbocycles. The minimum atomic E-state index is -0.313. The summed E-state index contributed by atoms with van der Waals surface area (Å²) in [6.07, 6.45) is 4.97. The van der Waals surface area contributed by atoms with Crippen molar-refractivity contribution in [2.75, 3.05) is 7.11 Å². The Bertz CT molecular complexity index is 1650. The molecule has 3 aromatic heterocycles. The molecule has 8 heteroatoms. The Labute approximate surface area is 212 Å². The van der Waals surface area contributed by atoms with Crippen LogP contribution in [0, 0.1) is 0 Å². The number of aromatic hydroxyl groups is 1. The van der Waals surface area contributed by atoms with E-state index in [-0.39, 0.29) is 17.0 Å². The quantitative estimate of drug-likeness (QED) is 0.159. The zero-order chi connectivity index (χ0) is 25.1. The van der Waals surface area contributed by atoms with E-state index in [1.165, 1.54) is 11.5 Å². The molecule has 0 atom stereocenters. The first kappa shape index (κ1) is 23.3. The lowest BCUT2D eigenvalue weighted by Gasteiger charge is -2.11. The van der Waals surface area contributed by atoms with Crippen molar-refractivity contribution in [3.05, 3.63) is 118 Å². The van der Waals surface area contributed by atoms with Crippen LogP contribution in [0.5, 0.6) is 5.88 Å². The summed E-state index contributed by atoms with van der Waals surface area (Å²) >= 11 is 5.94. The summed E-state index contributed by atoms with van der Waals surface area (Å²) in [7, 11) is 1.49. The van der Waals surface area contributed by atoms with Crippen LogP contribution in [-0.2, 0) is 11.4 Å². The lowest BCUT2D eigenvalue weighted by Crippen LogP contribution is -2.41. The molecular weight excluding hydrogens is 476 g/mol. The summed E-state index contributed by atoms with van der Waals surface area (Å²) in [6.45, 7) is 0.303. The van der Waals surface area contributed by atoms with E-state index in [2.05, 4.69) is 10.1 Å². The van der Waals surface area contributed by atoms with Gasteiger partial charge in [-0.15, -0.1) is 0 Å². The van der Waals surface area contributed by atoms with Gasteiger partial charge in [0.05, 0.1) is 12.4 Å². The molecule has 0 radical (unpaired) electrons. The van der Waals surface area contributed by atoms with Crippen molar-refractivity contribution in [1.82, 2.24) is 9.38 Å². The van der Waals surface area contributed by atoms with Crippen LogP contribution in [0.25, 0.3) is 27.9 Å². The lowest BCUT2D eigenvalue weighted by atomic mass is 9.99. The minimum absolute atomic E-state index is 0.126. The fourth-order valence-corrected chi connectivity index (χ4v) is 4.25. The van der Waals surface area contributed by atoms with Gasteiger partial charge in [-0.25, -0.2) is 9.78 Å². The predicted molar refractivity (Wildman–Crippen MR) is 139 cm³/mol. The summed E-state index contributed by atoms with van der Waals surface area (Å²) < 4.78 is 3.23. The van der Waals surface area contributed by atoms with Crippen LogP contribution in [0.15, 0.2) is 101 Å². The largest absolute Gasteiger partial charge is 0.477 e. The molecule has 1 N–H and O–H groups in total. The summed E-state index contributed by atoms with van der Waals surface area (Å²) in [5.74, 6) is -0.126. The van der Waals surface area contributed by atoms with Crippen molar-refractivity contribution in [3.63, 3.8) is 0 Å². The average Bonchev–Trinajstić information content (AvgIpc) is 2.91. The number of nitrogens with zero attached hydrogens (tertiary/aromatic N) is 4.